The lowest BCUT2D eigenvalue weighted by atomic mass is 10.2. The van der Waals surface area contributed by atoms with Crippen molar-refractivity contribution in [1.29, 1.82) is 0 Å². The number of aryl methyl sites for hydroxylation is 2. The molecule has 0 aliphatic carbocycles. The fourth-order valence-corrected chi connectivity index (χ4v) is 3.53. The monoisotopic (exact) mass is 423 g/mol. The zero-order chi connectivity index (χ0) is 21.7. The van der Waals surface area contributed by atoms with Crippen LogP contribution in [0.15, 0.2) is 60.0 Å². The second-order valence-corrected chi connectivity index (χ2v) is 8.68. The molecule has 0 amide bonds. The number of sulfonamides is 1. The first-order valence-corrected chi connectivity index (χ1v) is 10.9. The number of aromatic nitrogens is 2. The Kier molecular flexibility index (Phi) is 6.37. The highest BCUT2D eigenvalue weighted by molar-refractivity contribution is 7.95. The summed E-state index contributed by atoms with van der Waals surface area (Å²) in [5.41, 5.74) is 3.21. The lowest BCUT2D eigenvalue weighted by molar-refractivity contribution is 0.609. The topological polar surface area (TPSA) is 87.2 Å². The average Bonchev–Trinajstić information content (AvgIpc) is 2.68. The molecule has 2 aromatic carbocycles. The van der Waals surface area contributed by atoms with E-state index in [9.17, 15) is 8.42 Å². The standard InChI is InChI=1S/C22H25N5O2S/c1-16-5-7-18(8-6-16)13-14-30(28,29)26-20-11-9-19(10-12-20)25-21-15-22(27(3)4)24-17(2)23-21/h5-15,26H,1-4H3,(H,23,24,25)/b14-13+. The van der Waals surface area contributed by atoms with E-state index >= 15 is 0 Å². The highest BCUT2D eigenvalue weighted by atomic mass is 32.2. The van der Waals surface area contributed by atoms with Gasteiger partial charge in [0.1, 0.15) is 17.5 Å². The van der Waals surface area contributed by atoms with E-state index in [-0.39, 0.29) is 0 Å². The molecule has 156 valence electrons. The minimum absolute atomic E-state index is 0.474. The predicted molar refractivity (Wildman–Crippen MR) is 124 cm³/mol. The minimum Gasteiger partial charge on any atom is -0.363 e. The quantitative estimate of drug-likeness (QED) is 0.589. The zero-order valence-corrected chi connectivity index (χ0v) is 18.2. The molecule has 3 aromatic rings. The van der Waals surface area contributed by atoms with Crippen molar-refractivity contribution in [2.24, 2.45) is 0 Å². The normalized spacial score (nSPS) is 11.5. The van der Waals surface area contributed by atoms with Gasteiger partial charge in [-0.05, 0) is 49.8 Å². The van der Waals surface area contributed by atoms with Gasteiger partial charge in [0.15, 0.2) is 0 Å². The maximum Gasteiger partial charge on any atom is 0.255 e. The van der Waals surface area contributed by atoms with Crippen LogP contribution in [-0.2, 0) is 10.0 Å². The van der Waals surface area contributed by atoms with Crippen LogP contribution in [-0.4, -0.2) is 32.5 Å². The first-order valence-electron chi connectivity index (χ1n) is 9.38. The number of benzene rings is 2. The third-order valence-corrected chi connectivity index (χ3v) is 5.23. The Hall–Kier alpha value is -3.39. The van der Waals surface area contributed by atoms with E-state index in [2.05, 4.69) is 20.0 Å². The van der Waals surface area contributed by atoms with Crippen molar-refractivity contribution in [2.45, 2.75) is 13.8 Å². The van der Waals surface area contributed by atoms with Crippen LogP contribution in [0.5, 0.6) is 0 Å². The molecule has 0 bridgehead atoms. The van der Waals surface area contributed by atoms with Gasteiger partial charge in [0.05, 0.1) is 5.41 Å². The van der Waals surface area contributed by atoms with Crippen molar-refractivity contribution in [3.63, 3.8) is 0 Å². The highest BCUT2D eigenvalue weighted by Crippen LogP contribution is 2.21. The lowest BCUT2D eigenvalue weighted by Gasteiger charge is -2.14. The maximum atomic E-state index is 12.3. The molecule has 30 heavy (non-hydrogen) atoms. The molecule has 7 nitrogen and oxygen atoms in total. The van der Waals surface area contributed by atoms with Crippen LogP contribution in [0, 0.1) is 13.8 Å². The number of hydrogen-bond donors (Lipinski definition) is 2. The molecule has 0 radical (unpaired) electrons. The molecule has 2 N–H and O–H groups in total. The van der Waals surface area contributed by atoms with Crippen molar-refractivity contribution in [2.75, 3.05) is 29.0 Å². The van der Waals surface area contributed by atoms with Crippen molar-refractivity contribution in [3.05, 3.63) is 77.0 Å². The second kappa shape index (κ2) is 8.96. The van der Waals surface area contributed by atoms with Gasteiger partial charge in [-0.3, -0.25) is 4.72 Å². The first kappa shape index (κ1) is 21.3. The summed E-state index contributed by atoms with van der Waals surface area (Å²) in [5.74, 6) is 2.13. The van der Waals surface area contributed by atoms with E-state index in [4.69, 9.17) is 0 Å². The molecule has 0 saturated carbocycles. The fourth-order valence-electron chi connectivity index (χ4n) is 2.66. The number of nitrogens with zero attached hydrogens (tertiary/aromatic N) is 3. The molecule has 0 aliphatic rings. The summed E-state index contributed by atoms with van der Waals surface area (Å²) in [5, 5.41) is 4.38. The summed E-state index contributed by atoms with van der Waals surface area (Å²) >= 11 is 0. The number of rotatable bonds is 7. The van der Waals surface area contributed by atoms with Crippen LogP contribution in [0.1, 0.15) is 17.0 Å². The third-order valence-electron chi connectivity index (χ3n) is 4.22. The molecule has 0 atom stereocenters. The maximum absolute atomic E-state index is 12.3. The first-order chi connectivity index (χ1) is 14.2. The molecule has 0 saturated heterocycles. The van der Waals surface area contributed by atoms with Crippen molar-refractivity contribution >= 4 is 39.1 Å². The van der Waals surface area contributed by atoms with E-state index in [1.807, 2.05) is 63.2 Å². The Morgan fingerprint density at radius 1 is 0.900 bits per heavy atom. The summed E-state index contributed by atoms with van der Waals surface area (Å²) in [6.07, 6.45) is 1.57. The van der Waals surface area contributed by atoms with Crippen LogP contribution < -0.4 is 14.9 Å². The lowest BCUT2D eigenvalue weighted by Crippen LogP contribution is -2.12. The van der Waals surface area contributed by atoms with E-state index in [0.717, 1.165) is 28.0 Å². The van der Waals surface area contributed by atoms with Crippen molar-refractivity contribution in [3.8, 4) is 0 Å². The van der Waals surface area contributed by atoms with Crippen LogP contribution in [0.4, 0.5) is 23.0 Å². The fraction of sp³-hybridized carbons (Fsp3) is 0.182. The minimum atomic E-state index is -3.61. The Labute approximate surface area is 177 Å². The summed E-state index contributed by atoms with van der Waals surface area (Å²) in [6.45, 7) is 3.82. The Bertz CT molecular complexity index is 1140. The molecule has 0 fully saturated rings. The zero-order valence-electron chi connectivity index (χ0n) is 17.4. The Morgan fingerprint density at radius 3 is 2.17 bits per heavy atom. The molecule has 3 rings (SSSR count). The van der Waals surface area contributed by atoms with E-state index in [1.165, 1.54) is 0 Å². The molecular formula is C22H25N5O2S. The van der Waals surface area contributed by atoms with Crippen molar-refractivity contribution < 1.29 is 8.42 Å². The summed E-state index contributed by atoms with van der Waals surface area (Å²) in [6, 6.07) is 16.4. The van der Waals surface area contributed by atoms with Crippen LogP contribution in [0.2, 0.25) is 0 Å². The molecule has 8 heteroatoms. The molecular weight excluding hydrogens is 398 g/mol. The molecule has 0 aliphatic heterocycles. The third kappa shape index (κ3) is 6.05. The average molecular weight is 424 g/mol. The number of nitrogens with one attached hydrogen (secondary N) is 2. The SMILES string of the molecule is Cc1ccc(/C=C/S(=O)(=O)Nc2ccc(Nc3cc(N(C)C)nc(C)n3)cc2)cc1. The summed E-state index contributed by atoms with van der Waals surface area (Å²) < 4.78 is 27.2. The van der Waals surface area contributed by atoms with Crippen LogP contribution in [0.25, 0.3) is 6.08 Å². The van der Waals surface area contributed by atoms with E-state index in [0.29, 0.717) is 17.3 Å². The smallest absolute Gasteiger partial charge is 0.255 e. The van der Waals surface area contributed by atoms with Gasteiger partial charge in [0.2, 0.25) is 0 Å². The van der Waals surface area contributed by atoms with Crippen LogP contribution >= 0.6 is 0 Å². The Balaban J connectivity index is 1.67. The van der Waals surface area contributed by atoms with E-state index < -0.39 is 10.0 Å². The van der Waals surface area contributed by atoms with Gasteiger partial charge < -0.3 is 10.2 Å². The number of anilines is 4. The largest absolute Gasteiger partial charge is 0.363 e. The van der Waals surface area contributed by atoms with Gasteiger partial charge in [-0.15, -0.1) is 0 Å². The molecule has 1 heterocycles. The highest BCUT2D eigenvalue weighted by Gasteiger charge is 2.07. The van der Waals surface area contributed by atoms with Crippen LogP contribution in [0.3, 0.4) is 0 Å². The van der Waals surface area contributed by atoms with Gasteiger partial charge in [0.25, 0.3) is 10.0 Å². The molecule has 1 aromatic heterocycles. The number of hydrogen-bond acceptors (Lipinski definition) is 6. The molecule has 0 spiro atoms. The Morgan fingerprint density at radius 2 is 1.53 bits per heavy atom. The molecule has 0 unspecified atom stereocenters. The predicted octanol–water partition coefficient (Wildman–Crippen LogP) is 4.32. The summed E-state index contributed by atoms with van der Waals surface area (Å²) in [4.78, 5) is 10.7. The van der Waals surface area contributed by atoms with Crippen molar-refractivity contribution in [1.82, 2.24) is 9.97 Å². The van der Waals surface area contributed by atoms with Gasteiger partial charge in [0, 0.05) is 31.5 Å². The van der Waals surface area contributed by atoms with Gasteiger partial charge >= 0.3 is 0 Å². The second-order valence-electron chi connectivity index (χ2n) is 7.12. The van der Waals surface area contributed by atoms with Gasteiger partial charge in [-0.25, -0.2) is 18.4 Å². The van der Waals surface area contributed by atoms with E-state index in [1.54, 1.807) is 30.3 Å². The summed E-state index contributed by atoms with van der Waals surface area (Å²) in [7, 11) is 0.220. The van der Waals surface area contributed by atoms with Gasteiger partial charge in [-0.1, -0.05) is 29.8 Å². The van der Waals surface area contributed by atoms with Gasteiger partial charge in [-0.2, -0.15) is 0 Å².